The van der Waals surface area contributed by atoms with Gasteiger partial charge in [-0.15, -0.1) is 11.8 Å². The van der Waals surface area contributed by atoms with Crippen molar-refractivity contribution in [2.45, 2.75) is 11.8 Å². The highest BCUT2D eigenvalue weighted by Gasteiger charge is 2.15. The molecule has 4 N–H and O–H groups in total. The van der Waals surface area contributed by atoms with Crippen molar-refractivity contribution >= 4 is 58.5 Å². The number of anilines is 3. The summed E-state index contributed by atoms with van der Waals surface area (Å²) in [6, 6.07) is 26.0. The van der Waals surface area contributed by atoms with Gasteiger partial charge in [0.2, 0.25) is 11.8 Å². The van der Waals surface area contributed by atoms with E-state index in [-0.39, 0.29) is 23.3 Å². The van der Waals surface area contributed by atoms with E-state index in [0.717, 1.165) is 4.90 Å². The minimum Gasteiger partial charge on any atom is -0.326 e. The molecule has 0 aliphatic rings. The summed E-state index contributed by atoms with van der Waals surface area (Å²) in [5.41, 5.74) is 2.93. The summed E-state index contributed by atoms with van der Waals surface area (Å²) < 4.78 is 0. The van der Waals surface area contributed by atoms with Crippen molar-refractivity contribution in [1.82, 2.24) is 10.3 Å². The maximum absolute atomic E-state index is 13.1. The summed E-state index contributed by atoms with van der Waals surface area (Å²) in [5, 5.41) is 11.0. The molecule has 206 valence electrons. The predicted molar refractivity (Wildman–Crippen MR) is 161 cm³/mol. The second-order valence-corrected chi connectivity index (χ2v) is 9.79. The van der Waals surface area contributed by atoms with E-state index >= 15 is 0 Å². The summed E-state index contributed by atoms with van der Waals surface area (Å²) in [6.07, 6.45) is 4.76. The first kappa shape index (κ1) is 28.8. The van der Waals surface area contributed by atoms with Gasteiger partial charge < -0.3 is 21.3 Å². The van der Waals surface area contributed by atoms with E-state index < -0.39 is 11.8 Å². The molecule has 0 unspecified atom stereocenters. The van der Waals surface area contributed by atoms with Gasteiger partial charge in [0, 0.05) is 46.8 Å². The fourth-order valence-corrected chi connectivity index (χ4v) is 4.29. The highest BCUT2D eigenvalue weighted by Crippen LogP contribution is 2.22. The lowest BCUT2D eigenvalue weighted by atomic mass is 10.2. The molecule has 0 radical (unpaired) electrons. The van der Waals surface area contributed by atoms with Gasteiger partial charge in [-0.25, -0.2) is 0 Å². The van der Waals surface area contributed by atoms with Crippen LogP contribution in [0.15, 0.2) is 114 Å². The minimum atomic E-state index is -0.498. The third kappa shape index (κ3) is 9.19. The Bertz CT molecular complexity index is 1540. The molecule has 0 atom stereocenters. The van der Waals surface area contributed by atoms with Gasteiger partial charge in [-0.3, -0.25) is 24.2 Å². The number of rotatable bonds is 10. The predicted octanol–water partition coefficient (Wildman–Crippen LogP) is 5.18. The van der Waals surface area contributed by atoms with Crippen molar-refractivity contribution < 1.29 is 19.2 Å². The summed E-state index contributed by atoms with van der Waals surface area (Å²) in [6.45, 7) is 1.43. The smallest absolute Gasteiger partial charge is 0.272 e. The Morgan fingerprint density at radius 3 is 2.02 bits per heavy atom. The maximum Gasteiger partial charge on any atom is 0.272 e. The second kappa shape index (κ2) is 14.2. The van der Waals surface area contributed by atoms with E-state index in [1.807, 2.05) is 0 Å². The first-order chi connectivity index (χ1) is 19.9. The number of nitrogens with zero attached hydrogens (tertiary/aromatic N) is 1. The lowest BCUT2D eigenvalue weighted by Crippen LogP contribution is -2.30. The molecule has 4 amide bonds. The molecule has 4 rings (SSSR count). The quantitative estimate of drug-likeness (QED) is 0.155. The number of benzene rings is 3. The summed E-state index contributed by atoms with van der Waals surface area (Å²) in [4.78, 5) is 54.3. The van der Waals surface area contributed by atoms with Crippen molar-refractivity contribution in [2.24, 2.45) is 0 Å². The number of carbonyl (C=O) groups is 4. The molecule has 10 heteroatoms. The summed E-state index contributed by atoms with van der Waals surface area (Å²) >= 11 is 1.34. The number of aromatic nitrogens is 1. The van der Waals surface area contributed by atoms with Gasteiger partial charge in [0.15, 0.2) is 0 Å². The third-order valence-corrected chi connectivity index (χ3v) is 6.51. The van der Waals surface area contributed by atoms with Gasteiger partial charge in [-0.05, 0) is 78.4 Å². The molecule has 1 heterocycles. The number of hydrogen-bond donors (Lipinski definition) is 4. The van der Waals surface area contributed by atoms with Crippen LogP contribution in [-0.4, -0.2) is 34.4 Å². The SMILES string of the molecule is CC(=O)Nc1ccc(NC(=O)CSc2ccc(NC(=O)/C(=C/c3cccnc3)NC(=O)c3ccccc3)cc2)cc1. The standard InChI is InChI=1S/C31H27N5O4S/c1-21(37)33-24-9-11-25(12-10-24)34-29(38)20-41-27-15-13-26(14-16-27)35-31(40)28(18-22-6-5-17-32-19-22)36-30(39)23-7-3-2-4-8-23/h2-19H,20H2,1H3,(H,33,37)(H,34,38)(H,35,40)(H,36,39)/b28-18-. The number of hydrogen-bond acceptors (Lipinski definition) is 6. The molecule has 0 saturated heterocycles. The van der Waals surface area contributed by atoms with Crippen molar-refractivity contribution in [3.8, 4) is 0 Å². The Morgan fingerprint density at radius 1 is 0.756 bits per heavy atom. The molecule has 4 aromatic rings. The molecule has 41 heavy (non-hydrogen) atoms. The highest BCUT2D eigenvalue weighted by atomic mass is 32.2. The van der Waals surface area contributed by atoms with Crippen molar-refractivity contribution in [1.29, 1.82) is 0 Å². The molecule has 0 fully saturated rings. The number of nitrogens with one attached hydrogen (secondary N) is 4. The molecule has 0 saturated carbocycles. The number of pyridine rings is 1. The molecule has 0 aliphatic heterocycles. The van der Waals surface area contributed by atoms with Gasteiger partial charge in [0.1, 0.15) is 5.70 Å². The van der Waals surface area contributed by atoms with E-state index in [0.29, 0.717) is 28.2 Å². The Kier molecular flexibility index (Phi) is 10.0. The zero-order valence-electron chi connectivity index (χ0n) is 22.1. The van der Waals surface area contributed by atoms with Crippen LogP contribution in [0.3, 0.4) is 0 Å². The fourth-order valence-electron chi connectivity index (χ4n) is 3.59. The fraction of sp³-hybridized carbons (Fsp3) is 0.0645. The average Bonchev–Trinajstić information content (AvgIpc) is 2.98. The van der Waals surface area contributed by atoms with E-state index in [1.54, 1.807) is 109 Å². The van der Waals surface area contributed by atoms with Crippen LogP contribution < -0.4 is 21.3 Å². The number of amides is 4. The van der Waals surface area contributed by atoms with Crippen LogP contribution in [0.2, 0.25) is 0 Å². The van der Waals surface area contributed by atoms with Crippen molar-refractivity contribution in [3.05, 3.63) is 120 Å². The van der Waals surface area contributed by atoms with E-state index in [4.69, 9.17) is 0 Å². The Balaban J connectivity index is 1.34. The Labute approximate surface area is 241 Å². The highest BCUT2D eigenvalue weighted by molar-refractivity contribution is 8.00. The molecular formula is C31H27N5O4S. The first-order valence-corrected chi connectivity index (χ1v) is 13.5. The number of carbonyl (C=O) groups excluding carboxylic acids is 4. The van der Waals surface area contributed by atoms with Crippen LogP contribution in [0.1, 0.15) is 22.8 Å². The lowest BCUT2D eigenvalue weighted by Gasteiger charge is -2.12. The van der Waals surface area contributed by atoms with Crippen LogP contribution in [0.5, 0.6) is 0 Å². The summed E-state index contributed by atoms with van der Waals surface area (Å²) in [7, 11) is 0. The second-order valence-electron chi connectivity index (χ2n) is 8.74. The van der Waals surface area contributed by atoms with Gasteiger partial charge >= 0.3 is 0 Å². The van der Waals surface area contributed by atoms with E-state index in [1.165, 1.54) is 18.7 Å². The van der Waals surface area contributed by atoms with Gasteiger partial charge in [-0.1, -0.05) is 24.3 Å². The Morgan fingerprint density at radius 2 is 1.39 bits per heavy atom. The van der Waals surface area contributed by atoms with Crippen LogP contribution in [-0.2, 0) is 14.4 Å². The Hall–Kier alpha value is -5.22. The maximum atomic E-state index is 13.1. The molecular weight excluding hydrogens is 538 g/mol. The first-order valence-electron chi connectivity index (χ1n) is 12.6. The zero-order chi connectivity index (χ0) is 29.0. The molecule has 1 aromatic heterocycles. The van der Waals surface area contributed by atoms with Crippen LogP contribution in [0.25, 0.3) is 6.08 Å². The van der Waals surface area contributed by atoms with Gasteiger partial charge in [-0.2, -0.15) is 0 Å². The largest absolute Gasteiger partial charge is 0.326 e. The molecule has 9 nitrogen and oxygen atoms in total. The molecule has 0 aliphatic carbocycles. The minimum absolute atomic E-state index is 0.0621. The zero-order valence-corrected chi connectivity index (χ0v) is 22.9. The molecule has 3 aromatic carbocycles. The van der Waals surface area contributed by atoms with Crippen molar-refractivity contribution in [3.63, 3.8) is 0 Å². The van der Waals surface area contributed by atoms with E-state index in [2.05, 4.69) is 26.3 Å². The van der Waals surface area contributed by atoms with Crippen molar-refractivity contribution in [2.75, 3.05) is 21.7 Å². The van der Waals surface area contributed by atoms with Gasteiger partial charge in [0.25, 0.3) is 11.8 Å². The van der Waals surface area contributed by atoms with Crippen LogP contribution >= 0.6 is 11.8 Å². The molecule has 0 spiro atoms. The van der Waals surface area contributed by atoms with Crippen LogP contribution in [0, 0.1) is 0 Å². The average molecular weight is 566 g/mol. The lowest BCUT2D eigenvalue weighted by molar-refractivity contribution is -0.114. The summed E-state index contributed by atoms with van der Waals surface area (Å²) in [5.74, 6) is -1.07. The topological polar surface area (TPSA) is 129 Å². The number of thioether (sulfide) groups is 1. The normalized spacial score (nSPS) is 10.8. The monoisotopic (exact) mass is 565 g/mol. The molecule has 0 bridgehead atoms. The van der Waals surface area contributed by atoms with Crippen LogP contribution in [0.4, 0.5) is 17.1 Å². The van der Waals surface area contributed by atoms with Gasteiger partial charge in [0.05, 0.1) is 5.75 Å². The van der Waals surface area contributed by atoms with E-state index in [9.17, 15) is 19.2 Å². The third-order valence-electron chi connectivity index (χ3n) is 5.50.